The molecule has 6 nitrogen and oxygen atoms in total. The van der Waals surface area contributed by atoms with Crippen LogP contribution in [0.2, 0.25) is 0 Å². The highest BCUT2D eigenvalue weighted by Crippen LogP contribution is 2.14. The number of carbonyl (C=O) groups excluding carboxylic acids is 1. The number of benzene rings is 2. The number of hydrogen-bond donors (Lipinski definition) is 3. The summed E-state index contributed by atoms with van der Waals surface area (Å²) in [7, 11) is 1.80. The molecule has 166 valence electrons. The lowest BCUT2D eigenvalue weighted by Gasteiger charge is -2.33. The van der Waals surface area contributed by atoms with Crippen LogP contribution in [0, 0.1) is 0 Å². The number of hydrogen-bond acceptors (Lipinski definition) is 3. The number of nitrogens with one attached hydrogen (secondary N) is 3. The van der Waals surface area contributed by atoms with Crippen molar-refractivity contribution in [1.82, 2.24) is 20.9 Å². The Bertz CT molecular complexity index is 844. The number of nitrogens with zero attached hydrogens (tertiary/aromatic N) is 2. The van der Waals surface area contributed by atoms with E-state index in [1.54, 1.807) is 7.05 Å². The minimum absolute atomic E-state index is 0.0199. The quantitative estimate of drug-likeness (QED) is 0.452. The molecular weight excluding hydrogens is 386 g/mol. The van der Waals surface area contributed by atoms with Crippen molar-refractivity contribution in [3.63, 3.8) is 0 Å². The molecule has 0 bridgehead atoms. The molecule has 2 aromatic carbocycles. The van der Waals surface area contributed by atoms with Crippen molar-refractivity contribution in [2.24, 2.45) is 4.99 Å². The Morgan fingerprint density at radius 1 is 1.03 bits per heavy atom. The average molecular weight is 422 g/mol. The first kappa shape index (κ1) is 22.8. The molecule has 3 rings (SSSR count). The highest BCUT2D eigenvalue weighted by Gasteiger charge is 2.20. The standard InChI is InChI=1S/C25H35N5O/c1-3-14-27-24(31)22-11-7-10-21(17-22)18-28-25(26-2)29-23-12-15-30(16-13-23)19-20-8-5-4-6-9-20/h4-11,17,23H,3,12-16,18-19H2,1-2H3,(H,27,31)(H2,26,28,29). The van der Waals surface area contributed by atoms with Gasteiger partial charge in [0, 0.05) is 51.4 Å². The third-order valence-electron chi connectivity index (χ3n) is 5.59. The fraction of sp³-hybridized carbons (Fsp3) is 0.440. The van der Waals surface area contributed by atoms with Gasteiger partial charge in [-0.3, -0.25) is 14.7 Å². The molecule has 1 fully saturated rings. The van der Waals surface area contributed by atoms with Gasteiger partial charge in [0.05, 0.1) is 0 Å². The highest BCUT2D eigenvalue weighted by atomic mass is 16.1. The molecule has 3 N–H and O–H groups in total. The van der Waals surface area contributed by atoms with Crippen molar-refractivity contribution >= 4 is 11.9 Å². The number of rotatable bonds is 8. The number of aliphatic imine (C=N–C) groups is 1. The maximum Gasteiger partial charge on any atom is 0.251 e. The minimum atomic E-state index is -0.0199. The summed E-state index contributed by atoms with van der Waals surface area (Å²) in [5.74, 6) is 0.788. The Morgan fingerprint density at radius 2 is 1.77 bits per heavy atom. The van der Waals surface area contributed by atoms with E-state index in [0.29, 0.717) is 24.7 Å². The van der Waals surface area contributed by atoms with Crippen LogP contribution in [0.1, 0.15) is 47.7 Å². The predicted octanol–water partition coefficient (Wildman–Crippen LogP) is 3.16. The van der Waals surface area contributed by atoms with Crippen molar-refractivity contribution in [2.45, 2.75) is 45.3 Å². The monoisotopic (exact) mass is 421 g/mol. The lowest BCUT2D eigenvalue weighted by molar-refractivity contribution is 0.0953. The van der Waals surface area contributed by atoms with E-state index in [2.05, 4.69) is 56.2 Å². The Labute approximate surface area is 186 Å². The summed E-state index contributed by atoms with van der Waals surface area (Å²) in [6.07, 6.45) is 3.13. The molecule has 0 radical (unpaired) electrons. The second-order valence-corrected chi connectivity index (χ2v) is 8.06. The fourth-order valence-electron chi connectivity index (χ4n) is 3.81. The van der Waals surface area contributed by atoms with Crippen LogP contribution < -0.4 is 16.0 Å². The maximum atomic E-state index is 12.2. The summed E-state index contributed by atoms with van der Waals surface area (Å²) in [5, 5.41) is 9.87. The van der Waals surface area contributed by atoms with Crippen LogP contribution in [0.15, 0.2) is 59.6 Å². The maximum absolute atomic E-state index is 12.2. The van der Waals surface area contributed by atoms with E-state index in [1.807, 2.05) is 31.2 Å². The molecule has 1 saturated heterocycles. The summed E-state index contributed by atoms with van der Waals surface area (Å²) in [6.45, 7) is 6.55. The second kappa shape index (κ2) is 12.1. The van der Waals surface area contributed by atoms with Gasteiger partial charge in [0.1, 0.15) is 0 Å². The Morgan fingerprint density at radius 3 is 2.48 bits per heavy atom. The van der Waals surface area contributed by atoms with Crippen LogP contribution in [0.5, 0.6) is 0 Å². The second-order valence-electron chi connectivity index (χ2n) is 8.06. The van der Waals surface area contributed by atoms with E-state index >= 15 is 0 Å². The molecule has 1 amide bonds. The van der Waals surface area contributed by atoms with Gasteiger partial charge in [-0.1, -0.05) is 49.4 Å². The topological polar surface area (TPSA) is 68.8 Å². The van der Waals surface area contributed by atoms with E-state index in [1.165, 1.54) is 5.56 Å². The summed E-state index contributed by atoms with van der Waals surface area (Å²) in [6, 6.07) is 18.8. The molecule has 1 aliphatic heterocycles. The SMILES string of the molecule is CCCNC(=O)c1cccc(CNC(=NC)NC2CCN(Cc3ccccc3)CC2)c1. The lowest BCUT2D eigenvalue weighted by Crippen LogP contribution is -2.48. The van der Waals surface area contributed by atoms with E-state index in [0.717, 1.165) is 50.4 Å². The van der Waals surface area contributed by atoms with Gasteiger partial charge in [-0.2, -0.15) is 0 Å². The fourth-order valence-corrected chi connectivity index (χ4v) is 3.81. The van der Waals surface area contributed by atoms with Crippen LogP contribution >= 0.6 is 0 Å². The average Bonchev–Trinajstić information content (AvgIpc) is 2.82. The Balaban J connectivity index is 1.43. The van der Waals surface area contributed by atoms with Crippen molar-refractivity contribution in [3.8, 4) is 0 Å². The zero-order valence-corrected chi connectivity index (χ0v) is 18.7. The van der Waals surface area contributed by atoms with E-state index in [9.17, 15) is 4.79 Å². The van der Waals surface area contributed by atoms with E-state index in [-0.39, 0.29) is 5.91 Å². The van der Waals surface area contributed by atoms with Crippen molar-refractivity contribution in [2.75, 3.05) is 26.7 Å². The first-order valence-corrected chi connectivity index (χ1v) is 11.3. The van der Waals surface area contributed by atoms with Crippen LogP contribution in [0.25, 0.3) is 0 Å². The van der Waals surface area contributed by atoms with Gasteiger partial charge in [-0.15, -0.1) is 0 Å². The Kier molecular flexibility index (Phi) is 8.91. The van der Waals surface area contributed by atoms with Crippen LogP contribution in [0.4, 0.5) is 0 Å². The molecule has 0 atom stereocenters. The van der Waals surface area contributed by atoms with Crippen LogP contribution in [0.3, 0.4) is 0 Å². The number of carbonyl (C=O) groups is 1. The number of likely N-dealkylation sites (tertiary alicyclic amines) is 1. The highest BCUT2D eigenvalue weighted by molar-refractivity contribution is 5.94. The summed E-state index contributed by atoms with van der Waals surface area (Å²) in [5.41, 5.74) is 3.13. The number of piperidine rings is 1. The third kappa shape index (κ3) is 7.40. The van der Waals surface area contributed by atoms with Gasteiger partial charge in [-0.05, 0) is 42.5 Å². The predicted molar refractivity (Wildman–Crippen MR) is 127 cm³/mol. The molecule has 1 heterocycles. The van der Waals surface area contributed by atoms with Gasteiger partial charge in [0.2, 0.25) is 0 Å². The molecule has 0 unspecified atom stereocenters. The smallest absolute Gasteiger partial charge is 0.251 e. The lowest BCUT2D eigenvalue weighted by atomic mass is 10.0. The van der Waals surface area contributed by atoms with Gasteiger partial charge in [-0.25, -0.2) is 0 Å². The third-order valence-corrected chi connectivity index (χ3v) is 5.59. The number of guanidine groups is 1. The molecule has 0 aliphatic carbocycles. The van der Waals surface area contributed by atoms with Gasteiger partial charge in [0.25, 0.3) is 5.91 Å². The molecule has 2 aromatic rings. The zero-order chi connectivity index (χ0) is 21.9. The van der Waals surface area contributed by atoms with Crippen LogP contribution in [-0.2, 0) is 13.1 Å². The van der Waals surface area contributed by atoms with E-state index < -0.39 is 0 Å². The first-order valence-electron chi connectivity index (χ1n) is 11.3. The summed E-state index contributed by atoms with van der Waals surface area (Å²) < 4.78 is 0. The summed E-state index contributed by atoms with van der Waals surface area (Å²) in [4.78, 5) is 19.1. The summed E-state index contributed by atoms with van der Waals surface area (Å²) >= 11 is 0. The van der Waals surface area contributed by atoms with Gasteiger partial charge >= 0.3 is 0 Å². The van der Waals surface area contributed by atoms with Crippen molar-refractivity contribution < 1.29 is 4.79 Å². The minimum Gasteiger partial charge on any atom is -0.354 e. The molecule has 1 aliphatic rings. The van der Waals surface area contributed by atoms with E-state index in [4.69, 9.17) is 0 Å². The molecule has 0 saturated carbocycles. The number of amides is 1. The van der Waals surface area contributed by atoms with Crippen molar-refractivity contribution in [1.29, 1.82) is 0 Å². The normalized spacial score (nSPS) is 15.5. The van der Waals surface area contributed by atoms with Crippen LogP contribution in [-0.4, -0.2) is 49.5 Å². The zero-order valence-electron chi connectivity index (χ0n) is 18.7. The molecule has 31 heavy (non-hydrogen) atoms. The first-order chi connectivity index (χ1) is 15.2. The Hall–Kier alpha value is -2.86. The van der Waals surface area contributed by atoms with Crippen molar-refractivity contribution in [3.05, 3.63) is 71.3 Å². The van der Waals surface area contributed by atoms with Gasteiger partial charge in [0.15, 0.2) is 5.96 Å². The molecule has 0 aromatic heterocycles. The largest absolute Gasteiger partial charge is 0.354 e. The molecular formula is C25H35N5O. The molecule has 6 heteroatoms. The molecule has 0 spiro atoms. The van der Waals surface area contributed by atoms with Gasteiger partial charge < -0.3 is 16.0 Å².